The van der Waals surface area contributed by atoms with E-state index in [1.807, 2.05) is 32.6 Å². The van der Waals surface area contributed by atoms with Crippen molar-refractivity contribution >= 4 is 5.91 Å². The maximum atomic E-state index is 12.5. The van der Waals surface area contributed by atoms with Gasteiger partial charge in [-0.05, 0) is 25.2 Å². The number of rotatable bonds is 6. The summed E-state index contributed by atoms with van der Waals surface area (Å²) in [6, 6.07) is 0. The Hall–Kier alpha value is -0.690. The van der Waals surface area contributed by atoms with Crippen molar-refractivity contribution in [2.45, 2.75) is 58.8 Å². The number of β-amino-alcohol motifs (C(OH)–C–C–N with tert-alkyl or cyclic N) is 1. The van der Waals surface area contributed by atoms with Gasteiger partial charge in [-0.2, -0.15) is 0 Å². The third kappa shape index (κ3) is 5.69. The molecule has 6 heteroatoms. The number of aliphatic hydroxyl groups is 1. The largest absolute Gasteiger partial charge is 0.391 e. The first-order chi connectivity index (χ1) is 11.3. The summed E-state index contributed by atoms with van der Waals surface area (Å²) < 4.78 is 11.2. The van der Waals surface area contributed by atoms with Crippen molar-refractivity contribution in [2.24, 2.45) is 5.41 Å². The van der Waals surface area contributed by atoms with E-state index >= 15 is 0 Å². The van der Waals surface area contributed by atoms with Crippen LogP contribution in [0, 0.1) is 5.41 Å². The summed E-state index contributed by atoms with van der Waals surface area (Å²) in [4.78, 5) is 16.6. The molecule has 2 heterocycles. The third-order valence-corrected chi connectivity index (χ3v) is 5.02. The molecule has 0 saturated carbocycles. The molecule has 6 nitrogen and oxygen atoms in total. The summed E-state index contributed by atoms with van der Waals surface area (Å²) in [6.07, 6.45) is 1.49. The van der Waals surface area contributed by atoms with E-state index in [1.165, 1.54) is 0 Å². The van der Waals surface area contributed by atoms with Gasteiger partial charge in [-0.25, -0.2) is 0 Å². The molecule has 0 aromatic rings. The molecule has 2 aliphatic heterocycles. The van der Waals surface area contributed by atoms with Gasteiger partial charge in [0.25, 0.3) is 5.91 Å². The predicted molar refractivity (Wildman–Crippen MR) is 92.9 cm³/mol. The first-order valence-electron chi connectivity index (χ1n) is 9.20. The van der Waals surface area contributed by atoms with Crippen LogP contribution in [0.5, 0.6) is 0 Å². The molecular weight excluding hydrogens is 308 g/mol. The lowest BCUT2D eigenvalue weighted by molar-refractivity contribution is -0.146. The normalized spacial score (nSPS) is 25.7. The second-order valence-corrected chi connectivity index (χ2v) is 8.12. The molecule has 140 valence electrons. The van der Waals surface area contributed by atoms with Crippen molar-refractivity contribution in [3.05, 3.63) is 0 Å². The Bertz CT molecular complexity index is 396. The lowest BCUT2D eigenvalue weighted by Crippen LogP contribution is -2.53. The molecule has 3 atom stereocenters. The standard InChI is InChI=1S/C18H34N2O4/c1-14(24-13-15-6-5-11-23-15)17(22)20-9-7-19(8-10-20)12-16(21)18(2,3)4/h14-16,21H,5-13H2,1-4H3/t14-,15-,16+/m0/s1. The Morgan fingerprint density at radius 2 is 1.96 bits per heavy atom. The van der Waals surface area contributed by atoms with Crippen molar-refractivity contribution in [1.82, 2.24) is 9.80 Å². The van der Waals surface area contributed by atoms with Gasteiger partial charge in [0.2, 0.25) is 0 Å². The highest BCUT2D eigenvalue weighted by molar-refractivity contribution is 5.80. The van der Waals surface area contributed by atoms with Crippen LogP contribution < -0.4 is 0 Å². The molecule has 24 heavy (non-hydrogen) atoms. The number of hydrogen-bond donors (Lipinski definition) is 1. The van der Waals surface area contributed by atoms with Gasteiger partial charge in [0.15, 0.2) is 0 Å². The fourth-order valence-corrected chi connectivity index (χ4v) is 3.03. The molecule has 1 N–H and O–H groups in total. The third-order valence-electron chi connectivity index (χ3n) is 5.02. The maximum absolute atomic E-state index is 12.5. The number of hydrogen-bond acceptors (Lipinski definition) is 5. The minimum atomic E-state index is -0.416. The van der Waals surface area contributed by atoms with Crippen LogP contribution in [-0.4, -0.2) is 85.1 Å². The van der Waals surface area contributed by atoms with E-state index in [2.05, 4.69) is 4.90 Å². The second-order valence-electron chi connectivity index (χ2n) is 8.12. The van der Waals surface area contributed by atoms with Crippen molar-refractivity contribution in [2.75, 3.05) is 45.9 Å². The van der Waals surface area contributed by atoms with Gasteiger partial charge in [-0.15, -0.1) is 0 Å². The SMILES string of the molecule is C[C@H](OC[C@@H]1CCCO1)C(=O)N1CCN(C[C@@H](O)C(C)(C)C)CC1. The molecule has 0 radical (unpaired) electrons. The van der Waals surface area contributed by atoms with Gasteiger partial charge in [-0.1, -0.05) is 20.8 Å². The van der Waals surface area contributed by atoms with E-state index in [4.69, 9.17) is 9.47 Å². The van der Waals surface area contributed by atoms with Crippen LogP contribution in [0.1, 0.15) is 40.5 Å². The lowest BCUT2D eigenvalue weighted by Gasteiger charge is -2.38. The first kappa shape index (κ1) is 19.6. The molecule has 2 saturated heterocycles. The number of piperazine rings is 1. The fourth-order valence-electron chi connectivity index (χ4n) is 3.03. The van der Waals surface area contributed by atoms with E-state index in [0.717, 1.165) is 32.5 Å². The average molecular weight is 342 g/mol. The van der Waals surface area contributed by atoms with Gasteiger partial charge >= 0.3 is 0 Å². The molecule has 0 aromatic carbocycles. The number of carbonyl (C=O) groups is 1. The molecule has 0 unspecified atom stereocenters. The van der Waals surface area contributed by atoms with Crippen LogP contribution >= 0.6 is 0 Å². The highest BCUT2D eigenvalue weighted by Gasteiger charge is 2.29. The Balaban J connectivity index is 1.69. The van der Waals surface area contributed by atoms with Gasteiger partial charge in [0.05, 0.1) is 18.8 Å². The highest BCUT2D eigenvalue weighted by Crippen LogP contribution is 2.20. The fraction of sp³-hybridized carbons (Fsp3) is 0.944. The summed E-state index contributed by atoms with van der Waals surface area (Å²) in [5.74, 6) is 0.0593. The van der Waals surface area contributed by atoms with Crippen molar-refractivity contribution < 1.29 is 19.4 Å². The molecule has 0 bridgehead atoms. The van der Waals surface area contributed by atoms with Crippen LogP contribution in [0.2, 0.25) is 0 Å². The van der Waals surface area contributed by atoms with Crippen LogP contribution in [0.4, 0.5) is 0 Å². The zero-order valence-electron chi connectivity index (χ0n) is 15.7. The van der Waals surface area contributed by atoms with Crippen LogP contribution in [0.15, 0.2) is 0 Å². The van der Waals surface area contributed by atoms with E-state index < -0.39 is 6.10 Å². The molecule has 1 amide bonds. The van der Waals surface area contributed by atoms with E-state index in [1.54, 1.807) is 0 Å². The second kappa shape index (κ2) is 8.61. The van der Waals surface area contributed by atoms with Crippen LogP contribution in [-0.2, 0) is 14.3 Å². The minimum Gasteiger partial charge on any atom is -0.391 e. The lowest BCUT2D eigenvalue weighted by atomic mass is 9.89. The van der Waals surface area contributed by atoms with Crippen molar-refractivity contribution in [3.63, 3.8) is 0 Å². The maximum Gasteiger partial charge on any atom is 0.251 e. The number of ether oxygens (including phenoxy) is 2. The Morgan fingerprint density at radius 1 is 1.29 bits per heavy atom. The number of nitrogens with zero attached hydrogens (tertiary/aromatic N) is 2. The molecule has 2 rings (SSSR count). The molecule has 0 aromatic heterocycles. The summed E-state index contributed by atoms with van der Waals surface area (Å²) in [5.41, 5.74) is -0.113. The Morgan fingerprint density at radius 3 is 2.50 bits per heavy atom. The molecule has 2 fully saturated rings. The molecule has 2 aliphatic rings. The number of amides is 1. The molecule has 0 aliphatic carbocycles. The van der Waals surface area contributed by atoms with Crippen LogP contribution in [0.3, 0.4) is 0 Å². The number of aliphatic hydroxyl groups excluding tert-OH is 1. The topological polar surface area (TPSA) is 62.2 Å². The van der Waals surface area contributed by atoms with E-state index in [-0.39, 0.29) is 23.5 Å². The van der Waals surface area contributed by atoms with Gasteiger partial charge in [-0.3, -0.25) is 9.69 Å². The Labute approximate surface area is 146 Å². The average Bonchev–Trinajstić information content (AvgIpc) is 3.05. The summed E-state index contributed by atoms with van der Waals surface area (Å²) in [6.45, 7) is 12.9. The number of carbonyl (C=O) groups excluding carboxylic acids is 1. The smallest absolute Gasteiger partial charge is 0.251 e. The van der Waals surface area contributed by atoms with Gasteiger partial charge in [0.1, 0.15) is 6.10 Å². The highest BCUT2D eigenvalue weighted by atomic mass is 16.5. The van der Waals surface area contributed by atoms with Crippen molar-refractivity contribution in [3.8, 4) is 0 Å². The molecule has 0 spiro atoms. The first-order valence-corrected chi connectivity index (χ1v) is 9.20. The minimum absolute atomic E-state index is 0.0593. The predicted octanol–water partition coefficient (Wildman–Crippen LogP) is 1.12. The monoisotopic (exact) mass is 342 g/mol. The summed E-state index contributed by atoms with van der Waals surface area (Å²) in [5, 5.41) is 10.2. The Kier molecular flexibility index (Phi) is 7.04. The van der Waals surface area contributed by atoms with E-state index in [9.17, 15) is 9.90 Å². The van der Waals surface area contributed by atoms with Gasteiger partial charge in [0, 0.05) is 39.3 Å². The van der Waals surface area contributed by atoms with Gasteiger partial charge < -0.3 is 19.5 Å². The van der Waals surface area contributed by atoms with Crippen molar-refractivity contribution in [1.29, 1.82) is 0 Å². The molecular formula is C18H34N2O4. The zero-order chi connectivity index (χ0) is 17.7. The van der Waals surface area contributed by atoms with E-state index in [0.29, 0.717) is 26.2 Å². The van der Waals surface area contributed by atoms with Crippen LogP contribution in [0.25, 0.3) is 0 Å². The summed E-state index contributed by atoms with van der Waals surface area (Å²) in [7, 11) is 0. The quantitative estimate of drug-likeness (QED) is 0.784. The zero-order valence-corrected chi connectivity index (χ0v) is 15.7. The summed E-state index contributed by atoms with van der Waals surface area (Å²) >= 11 is 0.